The van der Waals surface area contributed by atoms with Gasteiger partial charge in [-0.3, -0.25) is 4.79 Å². The van der Waals surface area contributed by atoms with Crippen LogP contribution in [0.15, 0.2) is 24.3 Å². The highest BCUT2D eigenvalue weighted by Gasteiger charge is 2.16. The zero-order valence-corrected chi connectivity index (χ0v) is 13.0. The molecule has 1 aromatic rings. The Morgan fingerprint density at radius 1 is 1.25 bits per heavy atom. The second-order valence-electron chi connectivity index (χ2n) is 4.78. The van der Waals surface area contributed by atoms with Gasteiger partial charge in [0, 0.05) is 25.2 Å². The number of benzene rings is 1. The zero-order valence-electron chi connectivity index (χ0n) is 12.2. The van der Waals surface area contributed by atoms with E-state index < -0.39 is 10.0 Å². The normalized spacial score (nSPS) is 11.6. The number of aryl methyl sites for hydroxylation is 1. The Morgan fingerprint density at radius 2 is 1.90 bits per heavy atom. The number of carbonyl (C=O) groups excluding carboxylic acids is 1. The maximum Gasteiger partial charge on any atom is 0.225 e. The number of anilines is 1. The summed E-state index contributed by atoms with van der Waals surface area (Å²) < 4.78 is 24.4. The standard InChI is InChI=1S/C14H22N2O3S/c1-4-10-16(20(3,18)19)11-9-14(17)15-13-8-6-5-7-12(13)2/h5-8H,4,9-11H2,1-3H3,(H,15,17). The third-order valence-corrected chi connectivity index (χ3v) is 4.25. The zero-order chi connectivity index (χ0) is 15.2. The van der Waals surface area contributed by atoms with Gasteiger partial charge in [0.2, 0.25) is 15.9 Å². The fourth-order valence-corrected chi connectivity index (χ4v) is 2.78. The van der Waals surface area contributed by atoms with Crippen molar-refractivity contribution >= 4 is 21.6 Å². The highest BCUT2D eigenvalue weighted by molar-refractivity contribution is 7.88. The van der Waals surface area contributed by atoms with Gasteiger partial charge in [0.15, 0.2) is 0 Å². The lowest BCUT2D eigenvalue weighted by molar-refractivity contribution is -0.116. The van der Waals surface area contributed by atoms with Crippen molar-refractivity contribution in [1.82, 2.24) is 4.31 Å². The molecule has 0 spiro atoms. The van der Waals surface area contributed by atoms with Crippen molar-refractivity contribution in [1.29, 1.82) is 0 Å². The van der Waals surface area contributed by atoms with Gasteiger partial charge in [0.1, 0.15) is 0 Å². The molecule has 0 bridgehead atoms. The minimum absolute atomic E-state index is 0.154. The van der Waals surface area contributed by atoms with E-state index in [0.29, 0.717) is 6.54 Å². The lowest BCUT2D eigenvalue weighted by Gasteiger charge is -2.18. The van der Waals surface area contributed by atoms with Crippen LogP contribution in [0.5, 0.6) is 0 Å². The van der Waals surface area contributed by atoms with E-state index in [4.69, 9.17) is 0 Å². The van der Waals surface area contributed by atoms with Crippen LogP contribution in [0.4, 0.5) is 5.69 Å². The average Bonchev–Trinajstić information content (AvgIpc) is 2.36. The lowest BCUT2D eigenvalue weighted by atomic mass is 10.2. The van der Waals surface area contributed by atoms with Crippen LogP contribution >= 0.6 is 0 Å². The molecule has 0 atom stereocenters. The Hall–Kier alpha value is -1.40. The quantitative estimate of drug-likeness (QED) is 0.837. The molecule has 0 aliphatic carbocycles. The summed E-state index contributed by atoms with van der Waals surface area (Å²) in [7, 11) is -3.25. The predicted molar refractivity (Wildman–Crippen MR) is 81.1 cm³/mol. The maximum absolute atomic E-state index is 11.9. The summed E-state index contributed by atoms with van der Waals surface area (Å²) in [6.45, 7) is 4.47. The fraction of sp³-hybridized carbons (Fsp3) is 0.500. The molecule has 0 radical (unpaired) electrons. The van der Waals surface area contributed by atoms with Crippen LogP contribution in [0.1, 0.15) is 25.3 Å². The summed E-state index contributed by atoms with van der Waals surface area (Å²) in [4.78, 5) is 11.9. The molecule has 5 nitrogen and oxygen atoms in total. The Morgan fingerprint density at radius 3 is 2.45 bits per heavy atom. The molecule has 20 heavy (non-hydrogen) atoms. The van der Waals surface area contributed by atoms with Crippen molar-refractivity contribution in [2.24, 2.45) is 0 Å². The summed E-state index contributed by atoms with van der Waals surface area (Å²) in [5.74, 6) is -0.177. The minimum Gasteiger partial charge on any atom is -0.326 e. The third-order valence-electron chi connectivity index (χ3n) is 2.95. The SMILES string of the molecule is CCCN(CCC(=O)Nc1ccccc1C)S(C)(=O)=O. The topological polar surface area (TPSA) is 66.5 Å². The molecular weight excluding hydrogens is 276 g/mol. The van der Waals surface area contributed by atoms with E-state index >= 15 is 0 Å². The van der Waals surface area contributed by atoms with Crippen molar-refractivity contribution in [2.75, 3.05) is 24.7 Å². The maximum atomic E-state index is 11.9. The Balaban J connectivity index is 2.57. The highest BCUT2D eigenvalue weighted by Crippen LogP contribution is 2.13. The first-order valence-corrected chi connectivity index (χ1v) is 8.50. The molecule has 1 N–H and O–H groups in total. The van der Waals surface area contributed by atoms with Crippen LogP contribution < -0.4 is 5.32 Å². The van der Waals surface area contributed by atoms with E-state index in [-0.39, 0.29) is 18.9 Å². The molecule has 0 saturated carbocycles. The van der Waals surface area contributed by atoms with Crippen LogP contribution in [0, 0.1) is 6.92 Å². The smallest absolute Gasteiger partial charge is 0.225 e. The number of nitrogens with zero attached hydrogens (tertiary/aromatic N) is 1. The molecule has 0 fully saturated rings. The van der Waals surface area contributed by atoms with Crippen molar-refractivity contribution in [3.8, 4) is 0 Å². The summed E-state index contributed by atoms with van der Waals surface area (Å²) in [5.41, 5.74) is 1.74. The van der Waals surface area contributed by atoms with Gasteiger partial charge in [-0.25, -0.2) is 12.7 Å². The van der Waals surface area contributed by atoms with E-state index in [9.17, 15) is 13.2 Å². The van der Waals surface area contributed by atoms with Gasteiger partial charge in [-0.2, -0.15) is 0 Å². The number of rotatable bonds is 7. The second-order valence-corrected chi connectivity index (χ2v) is 6.76. The van der Waals surface area contributed by atoms with Crippen LogP contribution in [-0.2, 0) is 14.8 Å². The van der Waals surface area contributed by atoms with Gasteiger partial charge in [-0.15, -0.1) is 0 Å². The second kappa shape index (κ2) is 7.40. The summed E-state index contributed by atoms with van der Waals surface area (Å²) >= 11 is 0. The Kier molecular flexibility index (Phi) is 6.16. The number of amides is 1. The van der Waals surface area contributed by atoms with Crippen molar-refractivity contribution in [2.45, 2.75) is 26.7 Å². The van der Waals surface area contributed by atoms with E-state index in [1.54, 1.807) is 0 Å². The first-order chi connectivity index (χ1) is 9.34. The van der Waals surface area contributed by atoms with Gasteiger partial charge >= 0.3 is 0 Å². The van der Waals surface area contributed by atoms with Gasteiger partial charge < -0.3 is 5.32 Å². The highest BCUT2D eigenvalue weighted by atomic mass is 32.2. The Bertz CT molecular complexity index is 555. The van der Waals surface area contributed by atoms with E-state index in [2.05, 4.69) is 5.32 Å². The number of hydrogen-bond donors (Lipinski definition) is 1. The molecule has 1 amide bonds. The number of sulfonamides is 1. The molecule has 1 aromatic carbocycles. The monoisotopic (exact) mass is 298 g/mol. The van der Waals surface area contributed by atoms with Crippen molar-refractivity contribution in [3.05, 3.63) is 29.8 Å². The largest absolute Gasteiger partial charge is 0.326 e. The summed E-state index contributed by atoms with van der Waals surface area (Å²) in [6, 6.07) is 7.49. The summed E-state index contributed by atoms with van der Waals surface area (Å²) in [6.07, 6.45) is 2.05. The van der Waals surface area contributed by atoms with Gasteiger partial charge in [0.25, 0.3) is 0 Å². The van der Waals surface area contributed by atoms with Crippen molar-refractivity contribution in [3.63, 3.8) is 0 Å². The molecular formula is C14H22N2O3S. The first-order valence-electron chi connectivity index (χ1n) is 6.65. The first kappa shape index (κ1) is 16.7. The van der Waals surface area contributed by atoms with E-state index in [1.807, 2.05) is 38.1 Å². The molecule has 112 valence electrons. The Labute approximate surface area is 121 Å². The minimum atomic E-state index is -3.25. The van der Waals surface area contributed by atoms with Crippen LogP contribution in [-0.4, -0.2) is 38.0 Å². The molecule has 6 heteroatoms. The van der Waals surface area contributed by atoms with Gasteiger partial charge in [-0.1, -0.05) is 25.1 Å². The predicted octanol–water partition coefficient (Wildman–Crippen LogP) is 2.00. The molecule has 0 heterocycles. The van der Waals surface area contributed by atoms with Gasteiger partial charge in [-0.05, 0) is 25.0 Å². The van der Waals surface area contributed by atoms with E-state index in [0.717, 1.165) is 17.7 Å². The number of carbonyl (C=O) groups is 1. The third kappa shape index (κ3) is 5.30. The molecule has 0 saturated heterocycles. The average molecular weight is 298 g/mol. The number of nitrogens with one attached hydrogen (secondary N) is 1. The van der Waals surface area contributed by atoms with Crippen molar-refractivity contribution < 1.29 is 13.2 Å². The fourth-order valence-electron chi connectivity index (χ4n) is 1.84. The molecule has 0 aromatic heterocycles. The lowest BCUT2D eigenvalue weighted by Crippen LogP contribution is -2.33. The molecule has 1 rings (SSSR count). The molecule has 0 unspecified atom stereocenters. The molecule has 0 aliphatic heterocycles. The van der Waals surface area contributed by atoms with Crippen LogP contribution in [0.2, 0.25) is 0 Å². The summed E-state index contributed by atoms with van der Waals surface area (Å²) in [5, 5.41) is 2.80. The number of para-hydroxylation sites is 1. The molecule has 0 aliphatic rings. The van der Waals surface area contributed by atoms with Gasteiger partial charge in [0.05, 0.1) is 6.26 Å². The number of hydrogen-bond acceptors (Lipinski definition) is 3. The van der Waals surface area contributed by atoms with E-state index in [1.165, 1.54) is 10.6 Å². The van der Waals surface area contributed by atoms with Crippen LogP contribution in [0.3, 0.4) is 0 Å². The van der Waals surface area contributed by atoms with Crippen LogP contribution in [0.25, 0.3) is 0 Å².